The lowest BCUT2D eigenvalue weighted by Gasteiger charge is -1.97. The van der Waals surface area contributed by atoms with Gasteiger partial charge >= 0.3 is 5.43 Å². The Bertz CT molecular complexity index is 464. The minimum absolute atomic E-state index is 0.201. The van der Waals surface area contributed by atoms with E-state index in [2.05, 4.69) is 4.98 Å². The van der Waals surface area contributed by atoms with Gasteiger partial charge in [0.1, 0.15) is 6.61 Å². The SMILES string of the molecule is O=C(Cl)OCc1c[nH]c2ccccc12. The summed E-state index contributed by atoms with van der Waals surface area (Å²) in [6, 6.07) is 7.79. The van der Waals surface area contributed by atoms with Crippen molar-refractivity contribution in [2.24, 2.45) is 0 Å². The quantitative estimate of drug-likeness (QED) is 0.773. The van der Waals surface area contributed by atoms with Gasteiger partial charge in [0.2, 0.25) is 0 Å². The van der Waals surface area contributed by atoms with Crippen LogP contribution >= 0.6 is 11.6 Å². The van der Waals surface area contributed by atoms with Gasteiger partial charge in [0.25, 0.3) is 0 Å². The average molecular weight is 210 g/mol. The Labute approximate surface area is 85.6 Å². The molecule has 1 aromatic heterocycles. The number of para-hydroxylation sites is 1. The number of rotatable bonds is 2. The van der Waals surface area contributed by atoms with Crippen LogP contribution in [0.2, 0.25) is 0 Å². The molecule has 0 saturated heterocycles. The van der Waals surface area contributed by atoms with Crippen molar-refractivity contribution in [1.29, 1.82) is 0 Å². The summed E-state index contributed by atoms with van der Waals surface area (Å²) in [6.07, 6.45) is 1.81. The fourth-order valence-corrected chi connectivity index (χ4v) is 1.44. The Morgan fingerprint density at radius 3 is 3.00 bits per heavy atom. The molecule has 0 unspecified atom stereocenters. The van der Waals surface area contributed by atoms with Gasteiger partial charge in [-0.25, -0.2) is 4.79 Å². The average Bonchev–Trinajstić information content (AvgIpc) is 2.58. The molecule has 4 heteroatoms. The first-order chi connectivity index (χ1) is 6.77. The molecule has 2 rings (SSSR count). The lowest BCUT2D eigenvalue weighted by Crippen LogP contribution is -1.93. The number of hydrogen-bond acceptors (Lipinski definition) is 2. The lowest BCUT2D eigenvalue weighted by atomic mass is 10.2. The Hall–Kier alpha value is -1.48. The number of fused-ring (bicyclic) bond motifs is 1. The molecule has 0 amide bonds. The van der Waals surface area contributed by atoms with Crippen LogP contribution in [-0.2, 0) is 11.3 Å². The van der Waals surface area contributed by atoms with E-state index in [-0.39, 0.29) is 6.61 Å². The first kappa shape index (κ1) is 9.09. The van der Waals surface area contributed by atoms with E-state index in [0.29, 0.717) is 0 Å². The van der Waals surface area contributed by atoms with Crippen LogP contribution in [0, 0.1) is 0 Å². The topological polar surface area (TPSA) is 42.1 Å². The zero-order valence-electron chi connectivity index (χ0n) is 7.29. The molecule has 72 valence electrons. The van der Waals surface area contributed by atoms with Gasteiger partial charge in [-0.15, -0.1) is 0 Å². The van der Waals surface area contributed by atoms with Gasteiger partial charge in [0.15, 0.2) is 0 Å². The Morgan fingerprint density at radius 2 is 2.21 bits per heavy atom. The molecular formula is C10H8ClNO2. The summed E-state index contributed by atoms with van der Waals surface area (Å²) in [6.45, 7) is 0.201. The van der Waals surface area contributed by atoms with Gasteiger partial charge in [-0.2, -0.15) is 0 Å². The van der Waals surface area contributed by atoms with E-state index in [1.807, 2.05) is 30.5 Å². The van der Waals surface area contributed by atoms with Crippen LogP contribution in [0.5, 0.6) is 0 Å². The maximum Gasteiger partial charge on any atom is 0.404 e. The molecule has 0 radical (unpaired) electrons. The van der Waals surface area contributed by atoms with Crippen molar-refractivity contribution >= 4 is 27.9 Å². The van der Waals surface area contributed by atoms with Crippen LogP contribution in [0.25, 0.3) is 10.9 Å². The number of nitrogens with one attached hydrogen (secondary N) is 1. The highest BCUT2D eigenvalue weighted by Crippen LogP contribution is 2.18. The molecule has 3 nitrogen and oxygen atoms in total. The number of carbonyl (C=O) groups is 1. The normalized spacial score (nSPS) is 10.4. The summed E-state index contributed by atoms with van der Waals surface area (Å²) in [5.41, 5.74) is 1.16. The number of H-pyrrole nitrogens is 1. The van der Waals surface area contributed by atoms with Crippen LogP contribution < -0.4 is 0 Å². The number of aromatic nitrogens is 1. The van der Waals surface area contributed by atoms with Crippen molar-refractivity contribution in [2.45, 2.75) is 6.61 Å². The monoisotopic (exact) mass is 209 g/mol. The second-order valence-electron chi connectivity index (χ2n) is 2.89. The number of benzene rings is 1. The van der Waals surface area contributed by atoms with Gasteiger partial charge in [0, 0.05) is 34.3 Å². The zero-order chi connectivity index (χ0) is 9.97. The van der Waals surface area contributed by atoms with E-state index in [4.69, 9.17) is 16.3 Å². The van der Waals surface area contributed by atoms with E-state index in [1.54, 1.807) is 0 Å². The maximum atomic E-state index is 10.4. The largest absolute Gasteiger partial charge is 0.449 e. The maximum absolute atomic E-state index is 10.4. The molecule has 0 spiro atoms. The molecule has 0 saturated carbocycles. The van der Waals surface area contributed by atoms with Crippen molar-refractivity contribution in [3.8, 4) is 0 Å². The van der Waals surface area contributed by atoms with E-state index in [1.165, 1.54) is 0 Å². The molecule has 0 aliphatic heterocycles. The second kappa shape index (κ2) is 3.72. The van der Waals surface area contributed by atoms with Crippen LogP contribution in [-0.4, -0.2) is 10.4 Å². The van der Waals surface area contributed by atoms with Crippen LogP contribution in [0.4, 0.5) is 4.79 Å². The molecule has 0 fully saturated rings. The van der Waals surface area contributed by atoms with Crippen LogP contribution in [0.3, 0.4) is 0 Å². The van der Waals surface area contributed by atoms with Gasteiger partial charge in [0.05, 0.1) is 0 Å². The highest BCUT2D eigenvalue weighted by molar-refractivity contribution is 6.61. The molecule has 1 N–H and O–H groups in total. The summed E-state index contributed by atoms with van der Waals surface area (Å²) in [5, 5.41) is 1.05. The first-order valence-corrected chi connectivity index (χ1v) is 4.52. The number of halogens is 1. The third kappa shape index (κ3) is 1.72. The summed E-state index contributed by atoms with van der Waals surface area (Å²) in [7, 11) is 0. The standard InChI is InChI=1S/C10H8ClNO2/c11-10(13)14-6-7-5-12-9-4-2-1-3-8(7)9/h1-5,12H,6H2. The van der Waals surface area contributed by atoms with Crippen molar-refractivity contribution in [1.82, 2.24) is 4.98 Å². The summed E-state index contributed by atoms with van der Waals surface area (Å²) in [5.74, 6) is 0. The number of ether oxygens (including phenoxy) is 1. The molecule has 0 aliphatic carbocycles. The first-order valence-electron chi connectivity index (χ1n) is 4.14. The van der Waals surface area contributed by atoms with Crippen LogP contribution in [0.1, 0.15) is 5.56 Å². The molecule has 1 heterocycles. The number of aromatic amines is 1. The van der Waals surface area contributed by atoms with E-state index in [9.17, 15) is 4.79 Å². The minimum atomic E-state index is -0.782. The summed E-state index contributed by atoms with van der Waals surface area (Å²) in [4.78, 5) is 13.5. The smallest absolute Gasteiger partial charge is 0.404 e. The van der Waals surface area contributed by atoms with Crippen molar-refractivity contribution in [3.05, 3.63) is 36.0 Å². The molecule has 2 aromatic rings. The second-order valence-corrected chi connectivity index (χ2v) is 3.19. The number of hydrogen-bond donors (Lipinski definition) is 1. The predicted molar refractivity (Wildman–Crippen MR) is 54.3 cm³/mol. The molecule has 1 aromatic carbocycles. The minimum Gasteiger partial charge on any atom is -0.449 e. The van der Waals surface area contributed by atoms with Gasteiger partial charge in [-0.1, -0.05) is 18.2 Å². The van der Waals surface area contributed by atoms with Gasteiger partial charge < -0.3 is 9.72 Å². The third-order valence-corrected chi connectivity index (χ3v) is 2.13. The number of carbonyl (C=O) groups excluding carboxylic acids is 1. The highest BCUT2D eigenvalue weighted by atomic mass is 35.5. The van der Waals surface area contributed by atoms with Crippen LogP contribution in [0.15, 0.2) is 30.5 Å². The van der Waals surface area contributed by atoms with Crippen molar-refractivity contribution in [2.75, 3.05) is 0 Å². The van der Waals surface area contributed by atoms with E-state index < -0.39 is 5.43 Å². The predicted octanol–water partition coefficient (Wildman–Crippen LogP) is 3.04. The highest BCUT2D eigenvalue weighted by Gasteiger charge is 2.04. The van der Waals surface area contributed by atoms with E-state index >= 15 is 0 Å². The van der Waals surface area contributed by atoms with Crippen molar-refractivity contribution < 1.29 is 9.53 Å². The molecule has 14 heavy (non-hydrogen) atoms. The van der Waals surface area contributed by atoms with E-state index in [0.717, 1.165) is 16.5 Å². The molecule has 0 aliphatic rings. The fraction of sp³-hybridized carbons (Fsp3) is 0.100. The lowest BCUT2D eigenvalue weighted by molar-refractivity contribution is 0.167. The third-order valence-electron chi connectivity index (χ3n) is 2.02. The van der Waals surface area contributed by atoms with Gasteiger partial charge in [-0.3, -0.25) is 0 Å². The zero-order valence-corrected chi connectivity index (χ0v) is 8.04. The molecule has 0 atom stereocenters. The Kier molecular flexibility index (Phi) is 2.41. The summed E-state index contributed by atoms with van der Waals surface area (Å²) < 4.78 is 4.70. The van der Waals surface area contributed by atoms with Gasteiger partial charge in [-0.05, 0) is 6.07 Å². The van der Waals surface area contributed by atoms with Crippen molar-refractivity contribution in [3.63, 3.8) is 0 Å². The molecular weight excluding hydrogens is 202 g/mol. The Balaban J connectivity index is 2.29. The Morgan fingerprint density at radius 1 is 1.43 bits per heavy atom. The molecule has 0 bridgehead atoms. The summed E-state index contributed by atoms with van der Waals surface area (Å²) >= 11 is 5.07. The fourth-order valence-electron chi connectivity index (χ4n) is 1.39.